The van der Waals surface area contributed by atoms with E-state index >= 15 is 0 Å². The second kappa shape index (κ2) is 5.14. The fourth-order valence-electron chi connectivity index (χ4n) is 2.37. The first-order valence-electron chi connectivity index (χ1n) is 6.43. The Morgan fingerprint density at radius 3 is 2.86 bits per heavy atom. The molecule has 0 aliphatic rings. The summed E-state index contributed by atoms with van der Waals surface area (Å²) in [6.45, 7) is 0. The van der Waals surface area contributed by atoms with E-state index in [0.717, 1.165) is 22.0 Å². The molecule has 2 aromatic carbocycles. The number of benzene rings is 2. The van der Waals surface area contributed by atoms with Crippen LogP contribution in [0.2, 0.25) is 0 Å². The Hall–Kier alpha value is -3.06. The molecule has 21 heavy (non-hydrogen) atoms. The second-order valence-corrected chi connectivity index (χ2v) is 4.65. The first kappa shape index (κ1) is 12.9. The Bertz CT molecular complexity index is 872. The molecule has 0 amide bonds. The molecule has 0 saturated carbocycles. The molecule has 102 valence electrons. The third kappa shape index (κ3) is 2.26. The number of carbonyl (C=O) groups excluding carboxylic acids is 1. The number of aromatic amines is 1. The van der Waals surface area contributed by atoms with Gasteiger partial charge in [0.1, 0.15) is 0 Å². The number of hydrogen-bond donors (Lipinski definition) is 1. The van der Waals surface area contributed by atoms with Gasteiger partial charge in [0.2, 0.25) is 0 Å². The number of esters is 1. The van der Waals surface area contributed by atoms with Gasteiger partial charge in [-0.05, 0) is 29.8 Å². The molecule has 0 aliphatic heterocycles. The molecule has 0 spiro atoms. The van der Waals surface area contributed by atoms with Crippen LogP contribution in [0.1, 0.15) is 15.9 Å². The minimum absolute atomic E-state index is 0.362. The number of hydrogen-bond acceptors (Lipinski definition) is 3. The second-order valence-electron chi connectivity index (χ2n) is 4.65. The van der Waals surface area contributed by atoms with Crippen LogP contribution in [-0.4, -0.2) is 18.1 Å². The minimum Gasteiger partial charge on any atom is -0.465 e. The van der Waals surface area contributed by atoms with Crippen molar-refractivity contribution in [3.8, 4) is 17.2 Å². The van der Waals surface area contributed by atoms with Crippen LogP contribution in [0.3, 0.4) is 0 Å². The lowest BCUT2D eigenvalue weighted by Gasteiger charge is -2.02. The Labute approximate surface area is 121 Å². The largest absolute Gasteiger partial charge is 0.465 e. The van der Waals surface area contributed by atoms with Gasteiger partial charge < -0.3 is 9.72 Å². The number of nitrogens with zero attached hydrogens (tertiary/aromatic N) is 1. The van der Waals surface area contributed by atoms with E-state index in [4.69, 9.17) is 10.00 Å². The summed E-state index contributed by atoms with van der Waals surface area (Å²) in [5, 5.41) is 9.99. The fourth-order valence-corrected chi connectivity index (χ4v) is 2.37. The number of fused-ring (bicyclic) bond motifs is 1. The minimum atomic E-state index is -0.362. The maximum Gasteiger partial charge on any atom is 0.337 e. The summed E-state index contributed by atoms with van der Waals surface area (Å²) >= 11 is 0. The van der Waals surface area contributed by atoms with E-state index in [1.165, 1.54) is 7.11 Å². The van der Waals surface area contributed by atoms with Gasteiger partial charge in [-0.25, -0.2) is 4.79 Å². The molecule has 0 saturated heterocycles. The molecule has 0 aliphatic carbocycles. The number of rotatable bonds is 2. The first-order chi connectivity index (χ1) is 10.2. The lowest BCUT2D eigenvalue weighted by atomic mass is 10.0. The fraction of sp³-hybridized carbons (Fsp3) is 0.0588. The maximum absolute atomic E-state index is 11.5. The van der Waals surface area contributed by atoms with Gasteiger partial charge in [0.15, 0.2) is 0 Å². The van der Waals surface area contributed by atoms with Crippen molar-refractivity contribution < 1.29 is 9.53 Å². The van der Waals surface area contributed by atoms with Crippen LogP contribution < -0.4 is 0 Å². The smallest absolute Gasteiger partial charge is 0.337 e. The molecule has 0 fully saturated rings. The number of nitriles is 1. The van der Waals surface area contributed by atoms with Gasteiger partial charge in [-0.1, -0.05) is 18.2 Å². The molecule has 1 aromatic heterocycles. The molecule has 1 heterocycles. The van der Waals surface area contributed by atoms with Crippen molar-refractivity contribution in [3.05, 3.63) is 59.8 Å². The predicted molar refractivity (Wildman–Crippen MR) is 79.8 cm³/mol. The van der Waals surface area contributed by atoms with E-state index in [1.807, 2.05) is 30.5 Å². The average Bonchev–Trinajstić information content (AvgIpc) is 2.97. The molecular formula is C17H12N2O2. The number of ether oxygens (including phenoxy) is 1. The van der Waals surface area contributed by atoms with E-state index in [1.54, 1.807) is 18.2 Å². The van der Waals surface area contributed by atoms with Gasteiger partial charge in [0, 0.05) is 22.7 Å². The summed E-state index contributed by atoms with van der Waals surface area (Å²) < 4.78 is 4.72. The number of H-pyrrole nitrogens is 1. The monoisotopic (exact) mass is 276 g/mol. The molecule has 0 bridgehead atoms. The summed E-state index contributed by atoms with van der Waals surface area (Å²) in [4.78, 5) is 14.7. The van der Waals surface area contributed by atoms with Crippen LogP contribution in [-0.2, 0) is 4.74 Å². The highest BCUT2D eigenvalue weighted by atomic mass is 16.5. The van der Waals surface area contributed by atoms with Crippen molar-refractivity contribution in [1.29, 1.82) is 5.26 Å². The van der Waals surface area contributed by atoms with E-state index in [0.29, 0.717) is 11.1 Å². The van der Waals surface area contributed by atoms with Gasteiger partial charge in [-0.3, -0.25) is 0 Å². The highest BCUT2D eigenvalue weighted by molar-refractivity contribution is 6.00. The average molecular weight is 276 g/mol. The van der Waals surface area contributed by atoms with E-state index in [2.05, 4.69) is 11.1 Å². The van der Waals surface area contributed by atoms with Crippen molar-refractivity contribution in [2.75, 3.05) is 7.11 Å². The number of methoxy groups -OCH3 is 1. The summed E-state index contributed by atoms with van der Waals surface area (Å²) in [7, 11) is 1.36. The van der Waals surface area contributed by atoms with Crippen molar-refractivity contribution in [1.82, 2.24) is 4.98 Å². The zero-order chi connectivity index (χ0) is 14.8. The van der Waals surface area contributed by atoms with Crippen molar-refractivity contribution >= 4 is 16.9 Å². The topological polar surface area (TPSA) is 65.9 Å². The molecule has 3 rings (SSSR count). The number of nitrogens with one attached hydrogen (secondary N) is 1. The van der Waals surface area contributed by atoms with Crippen molar-refractivity contribution in [2.45, 2.75) is 0 Å². The third-order valence-corrected chi connectivity index (χ3v) is 3.41. The molecule has 0 radical (unpaired) electrons. The molecule has 1 N–H and O–H groups in total. The SMILES string of the molecule is COC(=O)c1ccc2c(-c3cccc(C#N)c3)c[nH]c2c1. The van der Waals surface area contributed by atoms with Crippen molar-refractivity contribution in [2.24, 2.45) is 0 Å². The molecule has 4 heteroatoms. The van der Waals surface area contributed by atoms with E-state index in [-0.39, 0.29) is 5.97 Å². The van der Waals surface area contributed by atoms with Crippen LogP contribution in [0.4, 0.5) is 0 Å². The quantitative estimate of drug-likeness (QED) is 0.728. The maximum atomic E-state index is 11.5. The molecular weight excluding hydrogens is 264 g/mol. The summed E-state index contributed by atoms with van der Waals surface area (Å²) in [5.74, 6) is -0.362. The van der Waals surface area contributed by atoms with Gasteiger partial charge in [0.05, 0.1) is 24.3 Å². The van der Waals surface area contributed by atoms with Gasteiger partial charge in [0.25, 0.3) is 0 Å². The van der Waals surface area contributed by atoms with Crippen molar-refractivity contribution in [3.63, 3.8) is 0 Å². The van der Waals surface area contributed by atoms with Crippen LogP contribution in [0.25, 0.3) is 22.0 Å². The summed E-state index contributed by atoms with van der Waals surface area (Å²) in [6, 6.07) is 14.9. The Morgan fingerprint density at radius 1 is 1.24 bits per heavy atom. The normalized spacial score (nSPS) is 10.3. The lowest BCUT2D eigenvalue weighted by molar-refractivity contribution is 0.0601. The summed E-state index contributed by atoms with van der Waals surface area (Å²) in [5.41, 5.74) is 3.94. The van der Waals surface area contributed by atoms with Crippen LogP contribution >= 0.6 is 0 Å². The Balaban J connectivity index is 2.12. The van der Waals surface area contributed by atoms with Gasteiger partial charge in [-0.15, -0.1) is 0 Å². The van der Waals surface area contributed by atoms with Gasteiger partial charge in [-0.2, -0.15) is 5.26 Å². The van der Waals surface area contributed by atoms with E-state index in [9.17, 15) is 4.79 Å². The third-order valence-electron chi connectivity index (χ3n) is 3.41. The van der Waals surface area contributed by atoms with Gasteiger partial charge >= 0.3 is 5.97 Å². The zero-order valence-electron chi connectivity index (χ0n) is 11.4. The summed E-state index contributed by atoms with van der Waals surface area (Å²) in [6.07, 6.45) is 1.88. The molecule has 3 aromatic rings. The Morgan fingerprint density at radius 2 is 2.10 bits per heavy atom. The Kier molecular flexibility index (Phi) is 3.17. The highest BCUT2D eigenvalue weighted by Crippen LogP contribution is 2.29. The molecule has 4 nitrogen and oxygen atoms in total. The van der Waals surface area contributed by atoms with E-state index < -0.39 is 0 Å². The van der Waals surface area contributed by atoms with Crippen LogP contribution in [0, 0.1) is 11.3 Å². The standard InChI is InChI=1S/C17H12N2O2/c1-21-17(20)13-5-6-14-15(10-19-16(14)8-13)12-4-2-3-11(7-12)9-18/h2-8,10,19H,1H3. The molecule has 0 unspecified atom stereocenters. The lowest BCUT2D eigenvalue weighted by Crippen LogP contribution is -2.00. The molecule has 0 atom stereocenters. The van der Waals surface area contributed by atoms with Crippen LogP contribution in [0.5, 0.6) is 0 Å². The predicted octanol–water partition coefficient (Wildman–Crippen LogP) is 3.49. The first-order valence-corrected chi connectivity index (χ1v) is 6.43. The highest BCUT2D eigenvalue weighted by Gasteiger charge is 2.10. The number of aromatic nitrogens is 1. The van der Waals surface area contributed by atoms with Crippen LogP contribution in [0.15, 0.2) is 48.7 Å². The zero-order valence-corrected chi connectivity index (χ0v) is 11.4. The number of carbonyl (C=O) groups is 1.